The van der Waals surface area contributed by atoms with Crippen molar-refractivity contribution in [1.82, 2.24) is 20.0 Å². The minimum absolute atomic E-state index is 0.225. The number of carbonyl (C=O) groups is 1. The normalized spacial score (nSPS) is 22.8. The Morgan fingerprint density at radius 1 is 1.00 bits per heavy atom. The Labute approximate surface area is 181 Å². The summed E-state index contributed by atoms with van der Waals surface area (Å²) in [6.07, 6.45) is 8.14. The Bertz CT molecular complexity index is 523. The second-order valence-electron chi connectivity index (χ2n) is 8.48. The molecule has 2 saturated heterocycles. The van der Waals surface area contributed by atoms with Crippen LogP contribution in [0.15, 0.2) is 4.99 Å². The molecule has 0 unspecified atom stereocenters. The molecule has 1 N–H and O–H groups in total. The van der Waals surface area contributed by atoms with E-state index in [1.807, 2.05) is 4.90 Å². The first kappa shape index (κ1) is 23.3. The summed E-state index contributed by atoms with van der Waals surface area (Å²) >= 11 is 0. The molecule has 1 saturated carbocycles. The van der Waals surface area contributed by atoms with Gasteiger partial charge in [-0.15, -0.1) is 0 Å². The average molecular weight is 424 g/mol. The SMILES string of the molecule is CCNC(=NCCOC1CCCCCC1)N1CCN(CC(=O)N2CCOCC2)CC1. The van der Waals surface area contributed by atoms with Crippen LogP contribution in [0.2, 0.25) is 0 Å². The van der Waals surface area contributed by atoms with Crippen molar-refractivity contribution < 1.29 is 14.3 Å². The first-order valence-corrected chi connectivity index (χ1v) is 12.0. The molecule has 3 rings (SSSR count). The highest BCUT2D eigenvalue weighted by molar-refractivity contribution is 5.80. The predicted octanol–water partition coefficient (Wildman–Crippen LogP) is 1.17. The second kappa shape index (κ2) is 13.1. The van der Waals surface area contributed by atoms with Crippen LogP contribution in [0, 0.1) is 0 Å². The van der Waals surface area contributed by atoms with E-state index in [1.165, 1.54) is 38.5 Å². The maximum absolute atomic E-state index is 12.5. The maximum Gasteiger partial charge on any atom is 0.236 e. The second-order valence-corrected chi connectivity index (χ2v) is 8.48. The van der Waals surface area contributed by atoms with Crippen LogP contribution < -0.4 is 5.32 Å². The molecular weight excluding hydrogens is 382 g/mol. The Hall–Kier alpha value is -1.38. The zero-order valence-electron chi connectivity index (χ0n) is 18.8. The summed E-state index contributed by atoms with van der Waals surface area (Å²) in [5, 5.41) is 3.42. The van der Waals surface area contributed by atoms with E-state index in [4.69, 9.17) is 14.5 Å². The molecule has 1 amide bonds. The van der Waals surface area contributed by atoms with Crippen LogP contribution in [0.5, 0.6) is 0 Å². The molecule has 0 atom stereocenters. The summed E-state index contributed by atoms with van der Waals surface area (Å²) in [5.74, 6) is 1.20. The third-order valence-electron chi connectivity index (χ3n) is 6.24. The van der Waals surface area contributed by atoms with Crippen molar-refractivity contribution in [3.05, 3.63) is 0 Å². The highest BCUT2D eigenvalue weighted by atomic mass is 16.5. The summed E-state index contributed by atoms with van der Waals surface area (Å²) < 4.78 is 11.4. The van der Waals surface area contributed by atoms with E-state index in [0.717, 1.165) is 51.8 Å². The van der Waals surface area contributed by atoms with Gasteiger partial charge in [-0.3, -0.25) is 14.7 Å². The standard InChI is InChI=1S/C22H41N5O3/c1-2-23-22(24-9-16-30-20-7-5-3-4-6-8-20)27-12-10-25(11-13-27)19-21(28)26-14-17-29-18-15-26/h20H,2-19H2,1H3,(H,23,24). The van der Waals surface area contributed by atoms with E-state index in [9.17, 15) is 4.79 Å². The van der Waals surface area contributed by atoms with Crippen LogP contribution in [0.25, 0.3) is 0 Å². The van der Waals surface area contributed by atoms with Crippen LogP contribution >= 0.6 is 0 Å². The fraction of sp³-hybridized carbons (Fsp3) is 0.909. The topological polar surface area (TPSA) is 69.6 Å². The number of piperazine rings is 1. The minimum Gasteiger partial charge on any atom is -0.378 e. The van der Waals surface area contributed by atoms with Gasteiger partial charge in [0, 0.05) is 45.8 Å². The highest BCUT2D eigenvalue weighted by Crippen LogP contribution is 2.19. The van der Waals surface area contributed by atoms with Gasteiger partial charge in [-0.1, -0.05) is 25.7 Å². The largest absolute Gasteiger partial charge is 0.378 e. The highest BCUT2D eigenvalue weighted by Gasteiger charge is 2.24. The molecule has 3 fully saturated rings. The Kier molecular flexibility index (Phi) is 10.2. The lowest BCUT2D eigenvalue weighted by molar-refractivity contribution is -0.136. The molecule has 172 valence electrons. The number of rotatable bonds is 7. The zero-order valence-corrected chi connectivity index (χ0v) is 18.8. The first-order chi connectivity index (χ1) is 14.8. The van der Waals surface area contributed by atoms with E-state index in [0.29, 0.717) is 39.0 Å². The molecule has 0 aromatic carbocycles. The summed E-state index contributed by atoms with van der Waals surface area (Å²) in [6, 6.07) is 0. The van der Waals surface area contributed by atoms with Crippen molar-refractivity contribution in [3.8, 4) is 0 Å². The number of morpholine rings is 1. The molecule has 8 heteroatoms. The number of nitrogens with zero attached hydrogens (tertiary/aromatic N) is 4. The van der Waals surface area contributed by atoms with Gasteiger partial charge in [0.15, 0.2) is 5.96 Å². The summed E-state index contributed by atoms with van der Waals surface area (Å²) in [4.78, 5) is 23.8. The number of ether oxygens (including phenoxy) is 2. The lowest BCUT2D eigenvalue weighted by Gasteiger charge is -2.37. The van der Waals surface area contributed by atoms with Gasteiger partial charge >= 0.3 is 0 Å². The molecule has 0 aromatic rings. The molecule has 1 aliphatic carbocycles. The van der Waals surface area contributed by atoms with Crippen molar-refractivity contribution in [2.75, 3.05) is 78.7 Å². The van der Waals surface area contributed by atoms with Gasteiger partial charge in [0.1, 0.15) is 0 Å². The van der Waals surface area contributed by atoms with Crippen LogP contribution in [0.1, 0.15) is 45.4 Å². The lowest BCUT2D eigenvalue weighted by atomic mass is 10.1. The zero-order chi connectivity index (χ0) is 21.0. The summed E-state index contributed by atoms with van der Waals surface area (Å²) in [5.41, 5.74) is 0. The van der Waals surface area contributed by atoms with Crippen LogP contribution in [0.3, 0.4) is 0 Å². The van der Waals surface area contributed by atoms with Gasteiger partial charge in [-0.2, -0.15) is 0 Å². The van der Waals surface area contributed by atoms with Gasteiger partial charge < -0.3 is 24.6 Å². The smallest absolute Gasteiger partial charge is 0.236 e. The van der Waals surface area contributed by atoms with Crippen LogP contribution in [-0.2, 0) is 14.3 Å². The number of guanidine groups is 1. The van der Waals surface area contributed by atoms with E-state index in [-0.39, 0.29) is 5.91 Å². The van der Waals surface area contributed by atoms with E-state index in [2.05, 4.69) is 22.0 Å². The van der Waals surface area contributed by atoms with Crippen LogP contribution in [-0.4, -0.2) is 111 Å². The molecule has 3 aliphatic rings. The molecule has 0 spiro atoms. The van der Waals surface area contributed by atoms with Gasteiger partial charge in [-0.25, -0.2) is 0 Å². The van der Waals surface area contributed by atoms with E-state index >= 15 is 0 Å². The molecule has 2 heterocycles. The fourth-order valence-corrected chi connectivity index (χ4v) is 4.43. The van der Waals surface area contributed by atoms with Gasteiger partial charge in [0.2, 0.25) is 5.91 Å². The van der Waals surface area contributed by atoms with Gasteiger partial charge in [0.05, 0.1) is 39.0 Å². The lowest BCUT2D eigenvalue weighted by Crippen LogP contribution is -2.55. The molecule has 0 aromatic heterocycles. The first-order valence-electron chi connectivity index (χ1n) is 12.0. The van der Waals surface area contributed by atoms with Gasteiger partial charge in [0.25, 0.3) is 0 Å². The third kappa shape index (κ3) is 7.71. The van der Waals surface area contributed by atoms with E-state index in [1.54, 1.807) is 0 Å². The minimum atomic E-state index is 0.225. The van der Waals surface area contributed by atoms with Crippen molar-refractivity contribution in [3.63, 3.8) is 0 Å². The molecular formula is C22H41N5O3. The Morgan fingerprint density at radius 2 is 1.70 bits per heavy atom. The van der Waals surface area contributed by atoms with Crippen molar-refractivity contribution in [2.24, 2.45) is 4.99 Å². The fourth-order valence-electron chi connectivity index (χ4n) is 4.43. The van der Waals surface area contributed by atoms with Crippen molar-refractivity contribution in [2.45, 2.75) is 51.6 Å². The average Bonchev–Trinajstić information content (AvgIpc) is 3.06. The molecule has 8 nitrogen and oxygen atoms in total. The van der Waals surface area contributed by atoms with Crippen molar-refractivity contribution in [1.29, 1.82) is 0 Å². The number of hydrogen-bond donors (Lipinski definition) is 1. The van der Waals surface area contributed by atoms with E-state index < -0.39 is 0 Å². The Balaban J connectivity index is 1.38. The van der Waals surface area contributed by atoms with Gasteiger partial charge in [-0.05, 0) is 19.8 Å². The number of amides is 1. The molecule has 0 bridgehead atoms. The number of aliphatic imine (C=N–C) groups is 1. The quantitative estimate of drug-likeness (QED) is 0.287. The van der Waals surface area contributed by atoms with Crippen molar-refractivity contribution >= 4 is 11.9 Å². The summed E-state index contributed by atoms with van der Waals surface area (Å²) in [6.45, 7) is 11.2. The van der Waals surface area contributed by atoms with Crippen LogP contribution in [0.4, 0.5) is 0 Å². The number of nitrogens with one attached hydrogen (secondary N) is 1. The molecule has 0 radical (unpaired) electrons. The summed E-state index contributed by atoms with van der Waals surface area (Å²) in [7, 11) is 0. The predicted molar refractivity (Wildman–Crippen MR) is 119 cm³/mol. The Morgan fingerprint density at radius 3 is 2.37 bits per heavy atom. The third-order valence-corrected chi connectivity index (χ3v) is 6.24. The maximum atomic E-state index is 12.5. The molecule has 2 aliphatic heterocycles. The monoisotopic (exact) mass is 423 g/mol. The number of carbonyl (C=O) groups excluding carboxylic acids is 1. The molecule has 30 heavy (non-hydrogen) atoms. The number of hydrogen-bond acceptors (Lipinski definition) is 5.